The number of rotatable bonds is 4. The molecule has 17 heavy (non-hydrogen) atoms. The summed E-state index contributed by atoms with van der Waals surface area (Å²) in [4.78, 5) is 14.1. The van der Waals surface area contributed by atoms with Crippen LogP contribution in [0.2, 0.25) is 0 Å². The number of carbonyl (C=O) groups excluding carboxylic acids is 1. The lowest BCUT2D eigenvalue weighted by Gasteiger charge is -2.27. The second-order valence-electron chi connectivity index (χ2n) is 4.68. The van der Waals surface area contributed by atoms with Crippen molar-refractivity contribution < 1.29 is 9.53 Å². The Hall–Kier alpha value is -1.27. The number of nitrogens with zero attached hydrogens (tertiary/aromatic N) is 1. The van der Waals surface area contributed by atoms with Crippen LogP contribution in [0.4, 0.5) is 0 Å². The SMILES string of the molecule is C#CCCCN1C(=O)[C@@H]2CC=CC[C@@H]2C1OC. The number of fused-ring (bicyclic) bond motifs is 1. The molecule has 0 bridgehead atoms. The molecule has 1 heterocycles. The highest BCUT2D eigenvalue weighted by Crippen LogP contribution is 2.39. The highest BCUT2D eigenvalue weighted by molar-refractivity contribution is 5.82. The van der Waals surface area contributed by atoms with Crippen LogP contribution < -0.4 is 0 Å². The molecule has 2 aliphatic rings. The second kappa shape index (κ2) is 5.37. The van der Waals surface area contributed by atoms with Crippen molar-refractivity contribution in [3.8, 4) is 12.3 Å². The summed E-state index contributed by atoms with van der Waals surface area (Å²) in [6.07, 6.45) is 12.8. The summed E-state index contributed by atoms with van der Waals surface area (Å²) in [5.41, 5.74) is 0. The number of terminal acetylenes is 1. The number of likely N-dealkylation sites (tertiary alicyclic amines) is 1. The molecule has 3 heteroatoms. The van der Waals surface area contributed by atoms with Gasteiger partial charge >= 0.3 is 0 Å². The van der Waals surface area contributed by atoms with Gasteiger partial charge in [-0.1, -0.05) is 12.2 Å². The second-order valence-corrected chi connectivity index (χ2v) is 4.68. The van der Waals surface area contributed by atoms with E-state index in [9.17, 15) is 4.79 Å². The van der Waals surface area contributed by atoms with E-state index in [1.54, 1.807) is 7.11 Å². The normalized spacial score (nSPS) is 31.4. The summed E-state index contributed by atoms with van der Waals surface area (Å²) < 4.78 is 5.51. The maximum atomic E-state index is 12.3. The molecule has 1 aliphatic carbocycles. The average molecular weight is 233 g/mol. The van der Waals surface area contributed by atoms with Gasteiger partial charge in [-0.3, -0.25) is 4.79 Å². The Bertz CT molecular complexity index is 356. The Morgan fingerprint density at radius 2 is 2.29 bits per heavy atom. The molecule has 1 unspecified atom stereocenters. The predicted molar refractivity (Wildman–Crippen MR) is 65.9 cm³/mol. The van der Waals surface area contributed by atoms with E-state index >= 15 is 0 Å². The quantitative estimate of drug-likeness (QED) is 0.421. The van der Waals surface area contributed by atoms with Crippen molar-refractivity contribution >= 4 is 5.91 Å². The van der Waals surface area contributed by atoms with Crippen molar-refractivity contribution in [3.63, 3.8) is 0 Å². The van der Waals surface area contributed by atoms with Crippen LogP contribution in [-0.4, -0.2) is 30.7 Å². The number of amides is 1. The molecule has 1 aliphatic heterocycles. The standard InChI is InChI=1S/C14H19NO2/c1-3-4-7-10-15-13(16)11-8-5-6-9-12(11)14(15)17-2/h1,5-6,11-12,14H,4,7-10H2,2H3/t11-,12+,14?/m1/s1. The average Bonchev–Trinajstić information content (AvgIpc) is 2.63. The first-order chi connectivity index (χ1) is 8.29. The molecule has 1 amide bonds. The molecule has 3 nitrogen and oxygen atoms in total. The smallest absolute Gasteiger partial charge is 0.228 e. The maximum absolute atomic E-state index is 12.3. The van der Waals surface area contributed by atoms with E-state index in [-0.39, 0.29) is 18.1 Å². The van der Waals surface area contributed by atoms with Gasteiger partial charge in [-0.15, -0.1) is 12.3 Å². The lowest BCUT2D eigenvalue weighted by Crippen LogP contribution is -2.37. The molecule has 2 rings (SSSR count). The van der Waals surface area contributed by atoms with Crippen LogP contribution in [0.3, 0.4) is 0 Å². The molecule has 1 saturated heterocycles. The van der Waals surface area contributed by atoms with Crippen molar-refractivity contribution in [1.82, 2.24) is 4.90 Å². The van der Waals surface area contributed by atoms with Gasteiger partial charge in [0.05, 0.1) is 0 Å². The van der Waals surface area contributed by atoms with Gasteiger partial charge in [-0.2, -0.15) is 0 Å². The van der Waals surface area contributed by atoms with E-state index in [1.807, 2.05) is 4.90 Å². The number of methoxy groups -OCH3 is 1. The number of ether oxygens (including phenoxy) is 1. The van der Waals surface area contributed by atoms with E-state index < -0.39 is 0 Å². The summed E-state index contributed by atoms with van der Waals surface area (Å²) in [6.45, 7) is 0.717. The van der Waals surface area contributed by atoms with Crippen LogP contribution in [0.1, 0.15) is 25.7 Å². The summed E-state index contributed by atoms with van der Waals surface area (Å²) in [6, 6.07) is 0. The molecule has 92 valence electrons. The number of unbranched alkanes of at least 4 members (excludes halogenated alkanes) is 1. The van der Waals surface area contributed by atoms with Gasteiger partial charge in [0.1, 0.15) is 6.23 Å². The molecular formula is C14H19NO2. The van der Waals surface area contributed by atoms with Crippen LogP contribution in [0, 0.1) is 24.2 Å². The lowest BCUT2D eigenvalue weighted by atomic mass is 9.85. The Morgan fingerprint density at radius 3 is 3.00 bits per heavy atom. The fourth-order valence-corrected chi connectivity index (χ4v) is 2.89. The molecule has 0 aromatic rings. The molecule has 3 atom stereocenters. The minimum atomic E-state index is -0.0600. The minimum absolute atomic E-state index is 0.0600. The largest absolute Gasteiger partial charge is 0.361 e. The Labute approximate surface area is 103 Å². The Balaban J connectivity index is 2.06. The number of hydrogen-bond donors (Lipinski definition) is 0. The van der Waals surface area contributed by atoms with Crippen LogP contribution in [-0.2, 0) is 9.53 Å². The number of carbonyl (C=O) groups is 1. The molecule has 0 N–H and O–H groups in total. The number of allylic oxidation sites excluding steroid dienone is 2. The topological polar surface area (TPSA) is 29.5 Å². The van der Waals surface area contributed by atoms with Gasteiger partial charge in [-0.25, -0.2) is 0 Å². The van der Waals surface area contributed by atoms with Gasteiger partial charge in [0, 0.05) is 31.9 Å². The zero-order valence-electron chi connectivity index (χ0n) is 10.3. The third kappa shape index (κ3) is 2.23. The van der Waals surface area contributed by atoms with E-state index in [2.05, 4.69) is 18.1 Å². The first-order valence-corrected chi connectivity index (χ1v) is 6.21. The summed E-state index contributed by atoms with van der Waals surface area (Å²) >= 11 is 0. The molecule has 0 aromatic carbocycles. The Kier molecular flexibility index (Phi) is 3.86. The van der Waals surface area contributed by atoms with Crippen molar-refractivity contribution in [2.75, 3.05) is 13.7 Å². The van der Waals surface area contributed by atoms with E-state index in [0.29, 0.717) is 18.9 Å². The summed E-state index contributed by atoms with van der Waals surface area (Å²) in [7, 11) is 1.69. The van der Waals surface area contributed by atoms with E-state index in [4.69, 9.17) is 11.2 Å². The third-order valence-electron chi connectivity index (χ3n) is 3.72. The summed E-state index contributed by atoms with van der Waals surface area (Å²) in [5.74, 6) is 3.29. The highest BCUT2D eigenvalue weighted by atomic mass is 16.5. The van der Waals surface area contributed by atoms with Crippen molar-refractivity contribution in [1.29, 1.82) is 0 Å². The first kappa shape index (κ1) is 12.2. The molecular weight excluding hydrogens is 214 g/mol. The van der Waals surface area contributed by atoms with Gasteiger partial charge in [0.15, 0.2) is 0 Å². The van der Waals surface area contributed by atoms with Crippen LogP contribution in [0.15, 0.2) is 12.2 Å². The summed E-state index contributed by atoms with van der Waals surface area (Å²) in [5, 5.41) is 0. The predicted octanol–water partition coefficient (Wildman–Crippen LogP) is 1.80. The van der Waals surface area contributed by atoms with Crippen molar-refractivity contribution in [2.24, 2.45) is 11.8 Å². The van der Waals surface area contributed by atoms with Crippen LogP contribution in [0.5, 0.6) is 0 Å². The monoisotopic (exact) mass is 233 g/mol. The fourth-order valence-electron chi connectivity index (χ4n) is 2.89. The van der Waals surface area contributed by atoms with Gasteiger partial charge < -0.3 is 9.64 Å². The van der Waals surface area contributed by atoms with E-state index in [0.717, 1.165) is 19.3 Å². The highest BCUT2D eigenvalue weighted by Gasteiger charge is 2.47. The zero-order chi connectivity index (χ0) is 12.3. The molecule has 0 aromatic heterocycles. The lowest BCUT2D eigenvalue weighted by molar-refractivity contribution is -0.137. The van der Waals surface area contributed by atoms with Crippen molar-refractivity contribution in [2.45, 2.75) is 31.9 Å². The molecule has 0 radical (unpaired) electrons. The van der Waals surface area contributed by atoms with Crippen LogP contribution in [0.25, 0.3) is 0 Å². The molecule has 0 spiro atoms. The fraction of sp³-hybridized carbons (Fsp3) is 0.643. The Morgan fingerprint density at radius 1 is 1.53 bits per heavy atom. The number of hydrogen-bond acceptors (Lipinski definition) is 2. The third-order valence-corrected chi connectivity index (χ3v) is 3.72. The molecule has 0 saturated carbocycles. The van der Waals surface area contributed by atoms with Gasteiger partial charge in [0.25, 0.3) is 0 Å². The zero-order valence-corrected chi connectivity index (χ0v) is 10.3. The molecule has 1 fully saturated rings. The van der Waals surface area contributed by atoms with E-state index in [1.165, 1.54) is 0 Å². The first-order valence-electron chi connectivity index (χ1n) is 6.21. The van der Waals surface area contributed by atoms with Gasteiger partial charge in [0.2, 0.25) is 5.91 Å². The van der Waals surface area contributed by atoms with Gasteiger partial charge in [-0.05, 0) is 19.3 Å². The maximum Gasteiger partial charge on any atom is 0.228 e. The minimum Gasteiger partial charge on any atom is -0.361 e. The van der Waals surface area contributed by atoms with Crippen molar-refractivity contribution in [3.05, 3.63) is 12.2 Å². The van der Waals surface area contributed by atoms with Crippen LogP contribution >= 0.6 is 0 Å².